The first-order valence-corrected chi connectivity index (χ1v) is 7.08. The molecular weight excluding hydrogens is 262 g/mol. The van der Waals surface area contributed by atoms with Gasteiger partial charge in [-0.15, -0.1) is 0 Å². The monoisotopic (exact) mass is 281 g/mol. The summed E-state index contributed by atoms with van der Waals surface area (Å²) in [5, 5.41) is 15.6. The van der Waals surface area contributed by atoms with Crippen LogP contribution in [-0.2, 0) is 0 Å². The van der Waals surface area contributed by atoms with Crippen molar-refractivity contribution in [2.24, 2.45) is 0 Å². The van der Waals surface area contributed by atoms with E-state index in [0.717, 1.165) is 30.9 Å². The molecule has 0 saturated heterocycles. The predicted octanol–water partition coefficient (Wildman–Crippen LogP) is 3.61. The fraction of sp³-hybridized carbons (Fsp3) is 0.312. The lowest BCUT2D eigenvalue weighted by molar-refractivity contribution is 0.829. The maximum atomic E-state index is 9.11. The molecule has 0 amide bonds. The van der Waals surface area contributed by atoms with Crippen LogP contribution in [-0.4, -0.2) is 16.5 Å². The van der Waals surface area contributed by atoms with Crippen molar-refractivity contribution in [3.05, 3.63) is 41.7 Å². The lowest BCUT2D eigenvalue weighted by atomic mass is 10.2. The van der Waals surface area contributed by atoms with Gasteiger partial charge >= 0.3 is 0 Å². The molecule has 0 aliphatic carbocycles. The van der Waals surface area contributed by atoms with Crippen molar-refractivity contribution in [3.8, 4) is 6.07 Å². The number of aryl methyl sites for hydroxylation is 1. The quantitative estimate of drug-likeness (QED) is 0.791. The minimum atomic E-state index is 0.592. The summed E-state index contributed by atoms with van der Waals surface area (Å²) < 4.78 is 0. The van der Waals surface area contributed by atoms with Crippen LogP contribution in [0.3, 0.4) is 0 Å². The number of anilines is 3. The number of nitrogens with one attached hydrogen (secondary N) is 2. The Morgan fingerprint density at radius 2 is 1.95 bits per heavy atom. The minimum absolute atomic E-state index is 0.592. The summed E-state index contributed by atoms with van der Waals surface area (Å²) in [5.41, 5.74) is 1.34. The molecule has 108 valence electrons. The molecule has 0 unspecified atom stereocenters. The second-order valence-corrected chi connectivity index (χ2v) is 4.75. The van der Waals surface area contributed by atoms with E-state index in [1.807, 2.05) is 31.2 Å². The molecule has 0 fully saturated rings. The zero-order chi connectivity index (χ0) is 15.1. The zero-order valence-corrected chi connectivity index (χ0v) is 12.3. The number of nitrogens with zero attached hydrogens (tertiary/aromatic N) is 3. The van der Waals surface area contributed by atoms with Crippen molar-refractivity contribution in [1.29, 1.82) is 5.26 Å². The van der Waals surface area contributed by atoms with E-state index < -0.39 is 0 Å². The van der Waals surface area contributed by atoms with Gasteiger partial charge < -0.3 is 10.6 Å². The van der Waals surface area contributed by atoms with Crippen LogP contribution in [0.15, 0.2) is 30.3 Å². The van der Waals surface area contributed by atoms with Gasteiger partial charge in [0.1, 0.15) is 23.5 Å². The molecule has 0 saturated carbocycles. The number of para-hydroxylation sites is 1. The number of rotatable bonds is 6. The van der Waals surface area contributed by atoms with E-state index in [1.54, 1.807) is 6.07 Å². The molecule has 21 heavy (non-hydrogen) atoms. The Morgan fingerprint density at radius 3 is 2.71 bits per heavy atom. The molecule has 0 bridgehead atoms. The van der Waals surface area contributed by atoms with Gasteiger partial charge in [0, 0.05) is 12.6 Å². The van der Waals surface area contributed by atoms with Crippen LogP contribution in [0.2, 0.25) is 0 Å². The van der Waals surface area contributed by atoms with Crippen molar-refractivity contribution < 1.29 is 0 Å². The number of hydrogen-bond donors (Lipinski definition) is 2. The number of nitriles is 1. The summed E-state index contributed by atoms with van der Waals surface area (Å²) in [7, 11) is 0. The van der Waals surface area contributed by atoms with Crippen LogP contribution in [0.4, 0.5) is 17.3 Å². The van der Waals surface area contributed by atoms with Crippen molar-refractivity contribution in [3.63, 3.8) is 0 Å². The summed E-state index contributed by atoms with van der Waals surface area (Å²) in [4.78, 5) is 8.72. The first kappa shape index (κ1) is 14.8. The van der Waals surface area contributed by atoms with Gasteiger partial charge in [0.2, 0.25) is 0 Å². The second kappa shape index (κ2) is 7.25. The maximum Gasteiger partial charge on any atom is 0.136 e. The van der Waals surface area contributed by atoms with Gasteiger partial charge in [-0.05, 0) is 25.5 Å². The summed E-state index contributed by atoms with van der Waals surface area (Å²) in [6, 6.07) is 11.4. The molecule has 2 aromatic rings. The van der Waals surface area contributed by atoms with Crippen molar-refractivity contribution in [2.75, 3.05) is 17.2 Å². The molecule has 1 aromatic heterocycles. The normalized spacial score (nSPS) is 9.95. The molecule has 2 rings (SSSR count). The molecule has 1 heterocycles. The van der Waals surface area contributed by atoms with E-state index in [4.69, 9.17) is 5.26 Å². The molecule has 2 N–H and O–H groups in total. The topological polar surface area (TPSA) is 73.6 Å². The third-order valence-electron chi connectivity index (χ3n) is 2.98. The number of unbranched alkanes of at least 4 members (excludes halogenated alkanes) is 1. The number of aromatic nitrogens is 2. The molecule has 5 heteroatoms. The molecule has 5 nitrogen and oxygen atoms in total. The van der Waals surface area contributed by atoms with Gasteiger partial charge in [-0.2, -0.15) is 5.26 Å². The third kappa shape index (κ3) is 4.18. The van der Waals surface area contributed by atoms with E-state index in [0.29, 0.717) is 17.2 Å². The van der Waals surface area contributed by atoms with Crippen LogP contribution >= 0.6 is 0 Å². The zero-order valence-electron chi connectivity index (χ0n) is 12.3. The predicted molar refractivity (Wildman–Crippen MR) is 84.6 cm³/mol. The summed E-state index contributed by atoms with van der Waals surface area (Å²) in [6.45, 7) is 4.90. The molecule has 1 aromatic carbocycles. The average Bonchev–Trinajstić information content (AvgIpc) is 2.47. The number of benzene rings is 1. The highest BCUT2D eigenvalue weighted by Crippen LogP contribution is 2.20. The lowest BCUT2D eigenvalue weighted by Gasteiger charge is -2.10. The minimum Gasteiger partial charge on any atom is -0.370 e. The fourth-order valence-electron chi connectivity index (χ4n) is 1.94. The second-order valence-electron chi connectivity index (χ2n) is 4.75. The largest absolute Gasteiger partial charge is 0.370 e. The van der Waals surface area contributed by atoms with E-state index in [-0.39, 0.29) is 0 Å². The van der Waals surface area contributed by atoms with Gasteiger partial charge in [0.25, 0.3) is 0 Å². The average molecular weight is 281 g/mol. The van der Waals surface area contributed by atoms with E-state index in [2.05, 4.69) is 33.6 Å². The van der Waals surface area contributed by atoms with Gasteiger partial charge in [-0.25, -0.2) is 9.97 Å². The van der Waals surface area contributed by atoms with E-state index >= 15 is 0 Å². The first-order chi connectivity index (χ1) is 10.2. The molecule has 0 spiro atoms. The highest BCUT2D eigenvalue weighted by atomic mass is 15.1. The summed E-state index contributed by atoms with van der Waals surface area (Å²) >= 11 is 0. The molecule has 0 aliphatic heterocycles. The van der Waals surface area contributed by atoms with Crippen molar-refractivity contribution >= 4 is 17.3 Å². The fourth-order valence-corrected chi connectivity index (χ4v) is 1.94. The molecular formula is C16H19N5. The van der Waals surface area contributed by atoms with Crippen LogP contribution in [0.25, 0.3) is 0 Å². The van der Waals surface area contributed by atoms with Gasteiger partial charge in [-0.1, -0.05) is 25.5 Å². The van der Waals surface area contributed by atoms with Crippen LogP contribution in [0, 0.1) is 18.3 Å². The Labute approximate surface area is 125 Å². The highest BCUT2D eigenvalue weighted by molar-refractivity contribution is 5.65. The molecule has 0 atom stereocenters. The van der Waals surface area contributed by atoms with Gasteiger partial charge in [0.05, 0.1) is 11.3 Å². The Hall–Kier alpha value is -2.61. The van der Waals surface area contributed by atoms with Crippen LogP contribution < -0.4 is 10.6 Å². The summed E-state index contributed by atoms with van der Waals surface area (Å²) in [6.07, 6.45) is 2.24. The molecule has 0 aliphatic rings. The van der Waals surface area contributed by atoms with E-state index in [9.17, 15) is 0 Å². The van der Waals surface area contributed by atoms with Crippen molar-refractivity contribution in [2.45, 2.75) is 26.7 Å². The van der Waals surface area contributed by atoms with Crippen LogP contribution in [0.5, 0.6) is 0 Å². The van der Waals surface area contributed by atoms with Gasteiger partial charge in [-0.3, -0.25) is 0 Å². The highest BCUT2D eigenvalue weighted by Gasteiger charge is 2.05. The van der Waals surface area contributed by atoms with Crippen molar-refractivity contribution in [1.82, 2.24) is 9.97 Å². The lowest BCUT2D eigenvalue weighted by Crippen LogP contribution is -2.06. The Kier molecular flexibility index (Phi) is 5.10. The summed E-state index contributed by atoms with van der Waals surface area (Å²) in [5.74, 6) is 2.17. The number of hydrogen-bond acceptors (Lipinski definition) is 5. The Bertz CT molecular complexity index is 645. The van der Waals surface area contributed by atoms with E-state index in [1.165, 1.54) is 0 Å². The Morgan fingerprint density at radius 1 is 1.19 bits per heavy atom. The van der Waals surface area contributed by atoms with Gasteiger partial charge in [0.15, 0.2) is 0 Å². The smallest absolute Gasteiger partial charge is 0.136 e. The SMILES string of the molecule is CCCCNc1cc(Nc2ccccc2C#N)nc(C)n1. The Balaban J connectivity index is 2.18. The van der Waals surface area contributed by atoms with Crippen LogP contribution in [0.1, 0.15) is 31.2 Å². The molecule has 0 radical (unpaired) electrons. The third-order valence-corrected chi connectivity index (χ3v) is 2.98. The maximum absolute atomic E-state index is 9.11. The standard InChI is InChI=1S/C16H19N5/c1-3-4-9-18-15-10-16(20-12(2)19-15)21-14-8-6-5-7-13(14)11-17/h5-8,10H,3-4,9H2,1-2H3,(H2,18,19,20,21). The first-order valence-electron chi connectivity index (χ1n) is 7.08.